The van der Waals surface area contributed by atoms with Crippen molar-refractivity contribution in [3.05, 3.63) is 24.2 Å². The minimum Gasteiger partial charge on any atom is -0.472 e. The van der Waals surface area contributed by atoms with E-state index in [1.54, 1.807) is 11.9 Å². The molecule has 0 spiro atoms. The van der Waals surface area contributed by atoms with Crippen LogP contribution < -0.4 is 0 Å². The highest BCUT2D eigenvalue weighted by Crippen LogP contribution is 2.23. The van der Waals surface area contributed by atoms with Gasteiger partial charge in [-0.05, 0) is 18.9 Å². The molecule has 0 aromatic carbocycles. The van der Waals surface area contributed by atoms with Crippen LogP contribution in [0, 0.1) is 17.2 Å². The summed E-state index contributed by atoms with van der Waals surface area (Å²) in [6.07, 6.45) is 7.89. The van der Waals surface area contributed by atoms with E-state index in [1.807, 2.05) is 6.07 Å². The van der Waals surface area contributed by atoms with Crippen LogP contribution in [0.4, 0.5) is 0 Å². The molecule has 106 valence electrons. The lowest BCUT2D eigenvalue weighted by Gasteiger charge is -2.32. The SMILES string of the molecule is CN(C(=O)C(C#N)C(=O)c1ccoc1)C1CCCCC1. The Morgan fingerprint density at radius 3 is 2.65 bits per heavy atom. The van der Waals surface area contributed by atoms with Crippen LogP contribution in [-0.4, -0.2) is 29.7 Å². The predicted octanol–water partition coefficient (Wildman–Crippen LogP) is 2.39. The Hall–Kier alpha value is -2.09. The molecule has 5 nitrogen and oxygen atoms in total. The molecule has 0 N–H and O–H groups in total. The monoisotopic (exact) mass is 274 g/mol. The molecule has 1 unspecified atom stereocenters. The van der Waals surface area contributed by atoms with E-state index in [0.29, 0.717) is 0 Å². The maximum Gasteiger partial charge on any atom is 0.247 e. The van der Waals surface area contributed by atoms with Crippen LogP contribution >= 0.6 is 0 Å². The third-order valence-electron chi connectivity index (χ3n) is 3.91. The van der Waals surface area contributed by atoms with E-state index in [-0.39, 0.29) is 11.6 Å². The molecule has 1 amide bonds. The largest absolute Gasteiger partial charge is 0.472 e. The van der Waals surface area contributed by atoms with Gasteiger partial charge in [0.25, 0.3) is 0 Å². The van der Waals surface area contributed by atoms with Gasteiger partial charge in [0.1, 0.15) is 6.26 Å². The zero-order chi connectivity index (χ0) is 14.5. The molecule has 0 radical (unpaired) electrons. The van der Waals surface area contributed by atoms with E-state index in [2.05, 4.69) is 0 Å². The van der Waals surface area contributed by atoms with Crippen molar-refractivity contribution in [3.8, 4) is 6.07 Å². The summed E-state index contributed by atoms with van der Waals surface area (Å²) in [7, 11) is 1.69. The summed E-state index contributed by atoms with van der Waals surface area (Å²) < 4.78 is 4.83. The lowest BCUT2D eigenvalue weighted by Crippen LogP contribution is -2.43. The summed E-state index contributed by atoms with van der Waals surface area (Å²) in [5.74, 6) is -2.18. The van der Waals surface area contributed by atoms with Crippen LogP contribution in [0.25, 0.3) is 0 Å². The van der Waals surface area contributed by atoms with Crippen molar-refractivity contribution in [1.82, 2.24) is 4.90 Å². The minimum atomic E-state index is -1.28. The van der Waals surface area contributed by atoms with Crippen molar-refractivity contribution in [1.29, 1.82) is 5.26 Å². The quantitative estimate of drug-likeness (QED) is 0.624. The van der Waals surface area contributed by atoms with Crippen molar-refractivity contribution < 1.29 is 14.0 Å². The number of ketones is 1. The summed E-state index contributed by atoms with van der Waals surface area (Å²) >= 11 is 0. The smallest absolute Gasteiger partial charge is 0.247 e. The van der Waals surface area contributed by atoms with E-state index in [1.165, 1.54) is 25.0 Å². The van der Waals surface area contributed by atoms with E-state index < -0.39 is 17.6 Å². The van der Waals surface area contributed by atoms with Gasteiger partial charge in [-0.3, -0.25) is 9.59 Å². The molecular weight excluding hydrogens is 256 g/mol. The first-order chi connectivity index (χ1) is 9.65. The molecule has 1 atom stereocenters. The highest BCUT2D eigenvalue weighted by Gasteiger charge is 2.33. The fourth-order valence-electron chi connectivity index (χ4n) is 2.65. The average molecular weight is 274 g/mol. The summed E-state index contributed by atoms with van der Waals surface area (Å²) in [4.78, 5) is 26.1. The molecule has 5 heteroatoms. The number of furan rings is 1. The van der Waals surface area contributed by atoms with Gasteiger partial charge in [-0.1, -0.05) is 19.3 Å². The number of amides is 1. The van der Waals surface area contributed by atoms with Gasteiger partial charge in [0, 0.05) is 13.1 Å². The highest BCUT2D eigenvalue weighted by atomic mass is 16.3. The Morgan fingerprint density at radius 2 is 2.10 bits per heavy atom. The van der Waals surface area contributed by atoms with Gasteiger partial charge in [-0.15, -0.1) is 0 Å². The zero-order valence-corrected chi connectivity index (χ0v) is 11.5. The Morgan fingerprint density at radius 1 is 1.40 bits per heavy atom. The molecule has 0 saturated heterocycles. The average Bonchev–Trinajstić information content (AvgIpc) is 3.02. The Labute approximate surface area is 118 Å². The first-order valence-electron chi connectivity index (χ1n) is 6.88. The Balaban J connectivity index is 2.09. The summed E-state index contributed by atoms with van der Waals surface area (Å²) in [5, 5.41) is 9.16. The van der Waals surface area contributed by atoms with Gasteiger partial charge in [-0.25, -0.2) is 0 Å². The molecule has 20 heavy (non-hydrogen) atoms. The van der Waals surface area contributed by atoms with Crippen molar-refractivity contribution in [2.24, 2.45) is 5.92 Å². The number of carbonyl (C=O) groups is 2. The summed E-state index contributed by atoms with van der Waals surface area (Å²) in [6, 6.07) is 3.44. The second kappa shape index (κ2) is 6.38. The Kier molecular flexibility index (Phi) is 4.57. The molecule has 1 aromatic rings. The van der Waals surface area contributed by atoms with Crippen LogP contribution in [-0.2, 0) is 4.79 Å². The third-order valence-corrected chi connectivity index (χ3v) is 3.91. The number of nitriles is 1. The first-order valence-corrected chi connectivity index (χ1v) is 6.88. The van der Waals surface area contributed by atoms with Gasteiger partial charge in [0.15, 0.2) is 11.7 Å². The van der Waals surface area contributed by atoms with Gasteiger partial charge in [0.05, 0.1) is 17.9 Å². The van der Waals surface area contributed by atoms with Gasteiger partial charge in [-0.2, -0.15) is 5.26 Å². The topological polar surface area (TPSA) is 74.3 Å². The molecule has 1 aliphatic rings. The van der Waals surface area contributed by atoms with Crippen LogP contribution in [0.5, 0.6) is 0 Å². The molecule has 0 bridgehead atoms. The molecule has 1 aromatic heterocycles. The first kappa shape index (κ1) is 14.3. The Bertz CT molecular complexity index is 510. The van der Waals surface area contributed by atoms with Crippen molar-refractivity contribution in [2.45, 2.75) is 38.1 Å². The lowest BCUT2D eigenvalue weighted by molar-refractivity contribution is -0.133. The molecule has 2 rings (SSSR count). The number of rotatable bonds is 4. The van der Waals surface area contributed by atoms with Gasteiger partial charge >= 0.3 is 0 Å². The zero-order valence-electron chi connectivity index (χ0n) is 11.5. The maximum absolute atomic E-state index is 12.4. The second-order valence-electron chi connectivity index (χ2n) is 5.18. The standard InChI is InChI=1S/C15H18N2O3/c1-17(12-5-3-2-4-6-12)15(19)13(9-16)14(18)11-7-8-20-10-11/h7-8,10,12-13H,2-6H2,1H3. The second-order valence-corrected chi connectivity index (χ2v) is 5.18. The van der Waals surface area contributed by atoms with E-state index >= 15 is 0 Å². The minimum absolute atomic E-state index is 0.143. The van der Waals surface area contributed by atoms with Crippen molar-refractivity contribution in [2.75, 3.05) is 7.05 Å². The fraction of sp³-hybridized carbons (Fsp3) is 0.533. The molecule has 0 aliphatic heterocycles. The number of carbonyl (C=O) groups excluding carboxylic acids is 2. The van der Waals surface area contributed by atoms with Crippen LogP contribution in [0.2, 0.25) is 0 Å². The molecule has 1 fully saturated rings. The normalized spacial score (nSPS) is 17.2. The summed E-state index contributed by atoms with van der Waals surface area (Å²) in [5.41, 5.74) is 0.266. The van der Waals surface area contributed by atoms with E-state index in [9.17, 15) is 9.59 Å². The molecule has 1 aliphatic carbocycles. The number of hydrogen-bond donors (Lipinski definition) is 0. The van der Waals surface area contributed by atoms with Crippen LogP contribution in [0.15, 0.2) is 23.0 Å². The lowest BCUT2D eigenvalue weighted by atomic mass is 9.92. The van der Waals surface area contributed by atoms with Crippen molar-refractivity contribution in [3.63, 3.8) is 0 Å². The van der Waals surface area contributed by atoms with Gasteiger partial charge < -0.3 is 9.32 Å². The number of hydrogen-bond acceptors (Lipinski definition) is 4. The molecular formula is C15H18N2O3. The molecule has 1 saturated carbocycles. The number of nitrogens with zero attached hydrogens (tertiary/aromatic N) is 2. The maximum atomic E-state index is 12.4. The predicted molar refractivity (Wildman–Crippen MR) is 71.8 cm³/mol. The fourth-order valence-corrected chi connectivity index (χ4v) is 2.65. The van der Waals surface area contributed by atoms with Crippen LogP contribution in [0.3, 0.4) is 0 Å². The summed E-state index contributed by atoms with van der Waals surface area (Å²) in [6.45, 7) is 0. The van der Waals surface area contributed by atoms with Gasteiger partial charge in [0.2, 0.25) is 5.91 Å². The number of Topliss-reactive ketones (excluding diaryl/α,β-unsaturated/α-hetero) is 1. The van der Waals surface area contributed by atoms with E-state index in [4.69, 9.17) is 9.68 Å². The van der Waals surface area contributed by atoms with Crippen molar-refractivity contribution >= 4 is 11.7 Å². The van der Waals surface area contributed by atoms with Crippen LogP contribution in [0.1, 0.15) is 42.5 Å². The third kappa shape index (κ3) is 2.90. The molecule has 1 heterocycles. The van der Waals surface area contributed by atoms with E-state index in [0.717, 1.165) is 25.7 Å². The highest BCUT2D eigenvalue weighted by molar-refractivity contribution is 6.11.